The number of aromatic nitrogens is 2. The normalized spacial score (nSPS) is 12.2. The number of anilines is 1. The van der Waals surface area contributed by atoms with Crippen molar-refractivity contribution >= 4 is 33.3 Å². The van der Waals surface area contributed by atoms with Crippen LogP contribution in [-0.2, 0) is 0 Å². The highest BCUT2D eigenvalue weighted by Gasteiger charge is 2.07. The van der Waals surface area contributed by atoms with Gasteiger partial charge in [0, 0.05) is 16.7 Å². The van der Waals surface area contributed by atoms with Crippen LogP contribution < -0.4 is 10.1 Å². The van der Waals surface area contributed by atoms with Crippen molar-refractivity contribution in [2.24, 2.45) is 0 Å². The van der Waals surface area contributed by atoms with E-state index in [9.17, 15) is 5.11 Å². The van der Waals surface area contributed by atoms with Crippen molar-refractivity contribution in [2.75, 3.05) is 18.5 Å². The summed E-state index contributed by atoms with van der Waals surface area (Å²) in [5.74, 6) is 0.445. The van der Waals surface area contributed by atoms with Crippen molar-refractivity contribution < 1.29 is 9.84 Å². The summed E-state index contributed by atoms with van der Waals surface area (Å²) in [6.45, 7) is 2.61. The predicted octanol–water partition coefficient (Wildman–Crippen LogP) is 2.46. The van der Waals surface area contributed by atoms with Gasteiger partial charge >= 0.3 is 0 Å². The molecule has 19 heavy (non-hydrogen) atoms. The van der Waals surface area contributed by atoms with E-state index in [1.165, 1.54) is 11.8 Å². The van der Waals surface area contributed by atoms with Gasteiger partial charge in [-0.05, 0) is 40.5 Å². The molecular weight excluding hydrogens is 330 g/mol. The lowest BCUT2D eigenvalue weighted by atomic mass is 10.2. The Bertz CT molecular complexity index is 522. The molecule has 0 spiro atoms. The largest absolute Gasteiger partial charge is 0.473 e. The van der Waals surface area contributed by atoms with Gasteiger partial charge in [-0.3, -0.25) is 0 Å². The van der Waals surface area contributed by atoms with Crippen LogP contribution in [0.4, 0.5) is 5.69 Å². The molecule has 7 heteroatoms. The smallest absolute Gasteiger partial charge is 0.245 e. The molecular formula is C12H14BrN3O2S. The molecule has 2 rings (SSSR count). The molecule has 0 amide bonds. The summed E-state index contributed by atoms with van der Waals surface area (Å²) < 4.78 is 14.0. The average Bonchev–Trinajstić information content (AvgIpc) is 2.88. The van der Waals surface area contributed by atoms with Crippen LogP contribution in [0.2, 0.25) is 0 Å². The Morgan fingerprint density at radius 3 is 3.05 bits per heavy atom. The molecule has 1 aromatic carbocycles. The average molecular weight is 344 g/mol. The zero-order valence-corrected chi connectivity index (χ0v) is 12.7. The number of aliphatic hydroxyl groups is 1. The molecule has 0 aliphatic carbocycles. The SMILES string of the molecule is Cc1ccc(NCC(O)COc2cnsn2)c(Br)c1. The Kier molecular flexibility index (Phi) is 5.12. The summed E-state index contributed by atoms with van der Waals surface area (Å²) in [4.78, 5) is 0. The Labute approximate surface area is 124 Å². The molecule has 0 aliphatic heterocycles. The fourth-order valence-corrected chi connectivity index (χ4v) is 2.45. The lowest BCUT2D eigenvalue weighted by Gasteiger charge is -2.14. The summed E-state index contributed by atoms with van der Waals surface area (Å²) in [6.07, 6.45) is 0.913. The molecule has 1 atom stereocenters. The summed E-state index contributed by atoms with van der Waals surface area (Å²) >= 11 is 4.55. The second kappa shape index (κ2) is 6.83. The van der Waals surface area contributed by atoms with Gasteiger partial charge in [0.25, 0.3) is 0 Å². The van der Waals surface area contributed by atoms with E-state index in [1.54, 1.807) is 0 Å². The van der Waals surface area contributed by atoms with E-state index in [0.717, 1.165) is 21.9 Å². The van der Waals surface area contributed by atoms with Crippen molar-refractivity contribution in [3.63, 3.8) is 0 Å². The third-order valence-corrected chi connectivity index (χ3v) is 3.53. The molecule has 0 aliphatic rings. The van der Waals surface area contributed by atoms with Crippen LogP contribution in [0.5, 0.6) is 5.88 Å². The second-order valence-corrected chi connectivity index (χ2v) is 5.49. The Morgan fingerprint density at radius 2 is 2.37 bits per heavy atom. The fourth-order valence-electron chi connectivity index (χ4n) is 1.45. The van der Waals surface area contributed by atoms with Gasteiger partial charge in [0.15, 0.2) is 0 Å². The van der Waals surface area contributed by atoms with Gasteiger partial charge in [-0.25, -0.2) is 0 Å². The molecule has 0 saturated carbocycles. The number of hydrogen-bond acceptors (Lipinski definition) is 6. The van der Waals surface area contributed by atoms with E-state index in [4.69, 9.17) is 4.74 Å². The van der Waals surface area contributed by atoms with Gasteiger partial charge in [-0.1, -0.05) is 6.07 Å². The number of nitrogens with zero attached hydrogens (tertiary/aromatic N) is 2. The zero-order chi connectivity index (χ0) is 13.7. The highest BCUT2D eigenvalue weighted by atomic mass is 79.9. The maximum atomic E-state index is 9.81. The summed E-state index contributed by atoms with van der Waals surface area (Å²) in [7, 11) is 0. The lowest BCUT2D eigenvalue weighted by Crippen LogP contribution is -2.26. The molecule has 2 N–H and O–H groups in total. The maximum absolute atomic E-state index is 9.81. The van der Waals surface area contributed by atoms with Gasteiger partial charge in [-0.15, -0.1) is 4.37 Å². The van der Waals surface area contributed by atoms with Crippen LogP contribution >= 0.6 is 27.7 Å². The van der Waals surface area contributed by atoms with Gasteiger partial charge < -0.3 is 15.2 Å². The molecule has 0 bridgehead atoms. The van der Waals surface area contributed by atoms with E-state index in [-0.39, 0.29) is 6.61 Å². The number of hydrogen-bond donors (Lipinski definition) is 2. The molecule has 1 unspecified atom stereocenters. The van der Waals surface area contributed by atoms with E-state index in [1.807, 2.05) is 25.1 Å². The van der Waals surface area contributed by atoms with Crippen LogP contribution in [0.1, 0.15) is 5.56 Å². The number of halogens is 1. The number of rotatable bonds is 6. The number of nitrogens with one attached hydrogen (secondary N) is 1. The summed E-state index contributed by atoms with van der Waals surface area (Å²) in [6, 6.07) is 6.00. The molecule has 102 valence electrons. The van der Waals surface area contributed by atoms with Gasteiger partial charge in [-0.2, -0.15) is 4.37 Å². The number of aliphatic hydroxyl groups excluding tert-OH is 1. The molecule has 0 radical (unpaired) electrons. The van der Waals surface area contributed by atoms with Gasteiger partial charge in [0.1, 0.15) is 18.9 Å². The van der Waals surface area contributed by atoms with Crippen molar-refractivity contribution in [1.82, 2.24) is 8.75 Å². The highest BCUT2D eigenvalue weighted by molar-refractivity contribution is 9.10. The Balaban J connectivity index is 1.78. The first-order valence-electron chi connectivity index (χ1n) is 5.73. The minimum atomic E-state index is -0.616. The first kappa shape index (κ1) is 14.2. The third kappa shape index (κ3) is 4.45. The van der Waals surface area contributed by atoms with Crippen LogP contribution in [0.3, 0.4) is 0 Å². The third-order valence-electron chi connectivity index (χ3n) is 2.42. The summed E-state index contributed by atoms with van der Waals surface area (Å²) in [5.41, 5.74) is 2.12. The molecule has 2 aromatic rings. The molecule has 1 heterocycles. The van der Waals surface area contributed by atoms with Crippen LogP contribution in [0, 0.1) is 6.92 Å². The van der Waals surface area contributed by atoms with E-state index in [2.05, 4.69) is 30.0 Å². The number of aryl methyl sites for hydroxylation is 1. The predicted molar refractivity (Wildman–Crippen MR) is 78.8 cm³/mol. The topological polar surface area (TPSA) is 67.3 Å². The standard InChI is InChI=1S/C12H14BrN3O2S/c1-8-2-3-11(10(13)4-8)14-5-9(17)7-18-12-6-15-19-16-12/h2-4,6,9,14,17H,5,7H2,1H3. The van der Waals surface area contributed by atoms with Crippen molar-refractivity contribution in [2.45, 2.75) is 13.0 Å². The second-order valence-electron chi connectivity index (χ2n) is 4.07. The van der Waals surface area contributed by atoms with Crippen molar-refractivity contribution in [1.29, 1.82) is 0 Å². The number of ether oxygens (including phenoxy) is 1. The first-order chi connectivity index (χ1) is 9.15. The number of benzene rings is 1. The fraction of sp³-hybridized carbons (Fsp3) is 0.333. The lowest BCUT2D eigenvalue weighted by molar-refractivity contribution is 0.115. The zero-order valence-electron chi connectivity index (χ0n) is 10.3. The molecule has 0 saturated heterocycles. The maximum Gasteiger partial charge on any atom is 0.245 e. The van der Waals surface area contributed by atoms with Crippen molar-refractivity contribution in [3.8, 4) is 5.88 Å². The van der Waals surface area contributed by atoms with Gasteiger partial charge in [0.2, 0.25) is 5.88 Å². The quantitative estimate of drug-likeness (QED) is 0.843. The van der Waals surface area contributed by atoms with Crippen molar-refractivity contribution in [3.05, 3.63) is 34.4 Å². The van der Waals surface area contributed by atoms with Crippen LogP contribution in [0.25, 0.3) is 0 Å². The molecule has 5 nitrogen and oxygen atoms in total. The monoisotopic (exact) mass is 343 g/mol. The summed E-state index contributed by atoms with van der Waals surface area (Å²) in [5, 5.41) is 13.0. The van der Waals surface area contributed by atoms with Crippen LogP contribution in [-0.4, -0.2) is 33.1 Å². The minimum absolute atomic E-state index is 0.182. The Hall–Kier alpha value is -1.18. The Morgan fingerprint density at radius 1 is 1.53 bits per heavy atom. The minimum Gasteiger partial charge on any atom is -0.473 e. The van der Waals surface area contributed by atoms with E-state index >= 15 is 0 Å². The highest BCUT2D eigenvalue weighted by Crippen LogP contribution is 2.23. The van der Waals surface area contributed by atoms with Gasteiger partial charge in [0.05, 0.1) is 11.7 Å². The van der Waals surface area contributed by atoms with E-state index < -0.39 is 6.10 Å². The first-order valence-corrected chi connectivity index (χ1v) is 7.26. The van der Waals surface area contributed by atoms with E-state index in [0.29, 0.717) is 12.4 Å². The van der Waals surface area contributed by atoms with Crippen LogP contribution in [0.15, 0.2) is 28.9 Å². The molecule has 1 aromatic heterocycles. The molecule has 0 fully saturated rings.